The normalized spacial score (nSPS) is 14.7. The maximum Gasteiger partial charge on any atom is 0.167 e. The zero-order valence-corrected chi connectivity index (χ0v) is 18.1. The second-order valence-electron chi connectivity index (χ2n) is 7.96. The summed E-state index contributed by atoms with van der Waals surface area (Å²) < 4.78 is 34.8. The molecule has 2 N–H and O–H groups in total. The topological polar surface area (TPSA) is 95.0 Å². The molecule has 4 aromatic rings. The fourth-order valence-electron chi connectivity index (χ4n) is 3.98. The van der Waals surface area contributed by atoms with Crippen LogP contribution in [0.1, 0.15) is 19.8 Å². The Morgan fingerprint density at radius 1 is 1.09 bits per heavy atom. The van der Waals surface area contributed by atoms with Crippen molar-refractivity contribution in [2.75, 3.05) is 23.7 Å². The highest BCUT2D eigenvalue weighted by Gasteiger charge is 2.26. The lowest BCUT2D eigenvalue weighted by Crippen LogP contribution is -2.39. The number of nitrogens with zero attached hydrogens (tertiary/aromatic N) is 6. The Morgan fingerprint density at radius 2 is 1.91 bits per heavy atom. The predicted molar refractivity (Wildman–Crippen MR) is 121 cm³/mol. The van der Waals surface area contributed by atoms with Gasteiger partial charge in [0.15, 0.2) is 17.4 Å². The van der Waals surface area contributed by atoms with Gasteiger partial charge in [-0.3, -0.25) is 4.68 Å². The van der Waals surface area contributed by atoms with Crippen molar-refractivity contribution < 1.29 is 13.5 Å². The summed E-state index contributed by atoms with van der Waals surface area (Å²) in [6.07, 6.45) is 6.47. The van der Waals surface area contributed by atoms with Gasteiger partial charge in [0, 0.05) is 56.4 Å². The summed E-state index contributed by atoms with van der Waals surface area (Å²) >= 11 is 0. The molecule has 0 bridgehead atoms. The van der Waals surface area contributed by atoms with Crippen LogP contribution in [0, 0.1) is 11.6 Å². The second kappa shape index (κ2) is 8.61. The van der Waals surface area contributed by atoms with Gasteiger partial charge in [-0.1, -0.05) is 0 Å². The van der Waals surface area contributed by atoms with Gasteiger partial charge in [-0.05, 0) is 19.1 Å². The summed E-state index contributed by atoms with van der Waals surface area (Å²) in [4.78, 5) is 16.0. The first-order valence-corrected chi connectivity index (χ1v) is 10.8. The molecule has 0 amide bonds. The molecule has 0 radical (unpaired) electrons. The highest BCUT2D eigenvalue weighted by molar-refractivity contribution is 5.84. The minimum atomic E-state index is -0.695. The molecule has 1 aliphatic rings. The predicted octanol–water partition coefficient (Wildman–Crippen LogP) is 3.82. The van der Waals surface area contributed by atoms with E-state index in [-0.39, 0.29) is 11.9 Å². The molecule has 4 heterocycles. The third kappa shape index (κ3) is 4.28. The Morgan fingerprint density at radius 3 is 2.64 bits per heavy atom. The number of rotatable bonds is 5. The molecule has 0 aliphatic carbocycles. The van der Waals surface area contributed by atoms with Crippen molar-refractivity contribution in [2.45, 2.75) is 32.4 Å². The number of pyridine rings is 1. The van der Waals surface area contributed by atoms with E-state index in [4.69, 9.17) is 20.4 Å². The van der Waals surface area contributed by atoms with E-state index in [2.05, 4.69) is 15.0 Å². The Bertz CT molecular complexity index is 1300. The number of ether oxygens (including phenoxy) is 1. The van der Waals surface area contributed by atoms with Crippen LogP contribution in [-0.2, 0) is 6.54 Å². The molecule has 0 atom stereocenters. The molecule has 10 heteroatoms. The lowest BCUT2D eigenvalue weighted by atomic mass is 10.1. The van der Waals surface area contributed by atoms with Crippen LogP contribution in [0.4, 0.5) is 20.4 Å². The molecule has 1 aliphatic heterocycles. The molecular formula is C23H23F2N7O. The molecule has 5 rings (SSSR count). The third-order valence-corrected chi connectivity index (χ3v) is 5.71. The summed E-state index contributed by atoms with van der Waals surface area (Å²) in [6, 6.07) is 5.06. The van der Waals surface area contributed by atoms with Gasteiger partial charge in [0.1, 0.15) is 28.9 Å². The van der Waals surface area contributed by atoms with Gasteiger partial charge in [0.2, 0.25) is 0 Å². The third-order valence-electron chi connectivity index (χ3n) is 5.71. The van der Waals surface area contributed by atoms with E-state index in [1.807, 2.05) is 17.8 Å². The molecular weight excluding hydrogens is 428 g/mol. The SMILES string of the molecule is CCn1cc(-c2nc3cnc(N)cc3nc2N2CCC(Oc3ccc(F)cc3F)CC2)cn1. The number of nitrogen functional groups attached to an aromatic ring is 1. The van der Waals surface area contributed by atoms with Crippen LogP contribution in [0.5, 0.6) is 5.75 Å². The first kappa shape index (κ1) is 21.0. The zero-order chi connectivity index (χ0) is 22.9. The van der Waals surface area contributed by atoms with Crippen LogP contribution in [0.3, 0.4) is 0 Å². The molecule has 8 nitrogen and oxygen atoms in total. The number of anilines is 2. The van der Waals surface area contributed by atoms with Gasteiger partial charge in [-0.15, -0.1) is 0 Å². The van der Waals surface area contributed by atoms with Gasteiger partial charge >= 0.3 is 0 Å². The molecule has 3 aromatic heterocycles. The highest BCUT2D eigenvalue weighted by atomic mass is 19.1. The largest absolute Gasteiger partial charge is 0.487 e. The van der Waals surface area contributed by atoms with E-state index in [0.29, 0.717) is 42.8 Å². The van der Waals surface area contributed by atoms with Crippen molar-refractivity contribution in [2.24, 2.45) is 0 Å². The van der Waals surface area contributed by atoms with Crippen molar-refractivity contribution in [3.8, 4) is 17.0 Å². The molecule has 1 fully saturated rings. The smallest absolute Gasteiger partial charge is 0.167 e. The van der Waals surface area contributed by atoms with Gasteiger partial charge < -0.3 is 15.4 Å². The van der Waals surface area contributed by atoms with E-state index in [1.165, 1.54) is 12.1 Å². The summed E-state index contributed by atoms with van der Waals surface area (Å²) in [5.74, 6) is -0.146. The van der Waals surface area contributed by atoms with Crippen molar-refractivity contribution in [1.82, 2.24) is 24.7 Å². The van der Waals surface area contributed by atoms with Crippen molar-refractivity contribution in [1.29, 1.82) is 0 Å². The number of piperidine rings is 1. The number of benzene rings is 1. The van der Waals surface area contributed by atoms with Gasteiger partial charge in [0.25, 0.3) is 0 Å². The van der Waals surface area contributed by atoms with Crippen molar-refractivity contribution in [3.05, 3.63) is 54.5 Å². The fourth-order valence-corrected chi connectivity index (χ4v) is 3.98. The number of aryl methyl sites for hydroxylation is 1. The number of hydrogen-bond acceptors (Lipinski definition) is 7. The molecule has 170 valence electrons. The zero-order valence-electron chi connectivity index (χ0n) is 18.1. The molecule has 33 heavy (non-hydrogen) atoms. The maximum absolute atomic E-state index is 14.0. The van der Waals surface area contributed by atoms with E-state index in [0.717, 1.165) is 29.7 Å². The number of nitrogens with two attached hydrogens (primary N) is 1. The number of halogens is 2. The Kier molecular flexibility index (Phi) is 5.49. The van der Waals surface area contributed by atoms with E-state index >= 15 is 0 Å². The van der Waals surface area contributed by atoms with Gasteiger partial charge in [-0.2, -0.15) is 5.10 Å². The van der Waals surface area contributed by atoms with Crippen molar-refractivity contribution in [3.63, 3.8) is 0 Å². The molecule has 0 saturated carbocycles. The Hall–Kier alpha value is -3.82. The molecule has 1 saturated heterocycles. The standard InChI is InChI=1S/C23H23F2N7O/c1-2-32-13-14(11-28-32)22-23(30-18-10-21(26)27-12-19(18)29-22)31-7-5-16(6-8-31)33-20-4-3-15(24)9-17(20)25/h3-4,9-13,16H,2,5-8H2,1H3,(H2,26,27). The minimum absolute atomic E-state index is 0.0657. The first-order valence-electron chi connectivity index (χ1n) is 10.8. The van der Waals surface area contributed by atoms with Crippen LogP contribution in [-0.4, -0.2) is 43.9 Å². The fraction of sp³-hybridized carbons (Fsp3) is 0.304. The lowest BCUT2D eigenvalue weighted by Gasteiger charge is -2.33. The van der Waals surface area contributed by atoms with Crippen LogP contribution in [0.25, 0.3) is 22.3 Å². The van der Waals surface area contributed by atoms with Crippen LogP contribution in [0.15, 0.2) is 42.9 Å². The Balaban J connectivity index is 1.42. The summed E-state index contributed by atoms with van der Waals surface area (Å²) in [5, 5.41) is 4.38. The summed E-state index contributed by atoms with van der Waals surface area (Å²) in [5.41, 5.74) is 8.76. The number of fused-ring (bicyclic) bond motifs is 1. The molecule has 0 unspecified atom stereocenters. The van der Waals surface area contributed by atoms with Gasteiger partial charge in [0.05, 0.1) is 17.9 Å². The van der Waals surface area contributed by atoms with Crippen molar-refractivity contribution >= 4 is 22.7 Å². The first-order chi connectivity index (χ1) is 16.0. The van der Waals surface area contributed by atoms with Crippen LogP contribution < -0.4 is 15.4 Å². The monoisotopic (exact) mass is 451 g/mol. The average Bonchev–Trinajstić information content (AvgIpc) is 3.30. The number of aromatic nitrogens is 5. The van der Waals surface area contributed by atoms with Gasteiger partial charge in [-0.25, -0.2) is 23.7 Å². The van der Waals surface area contributed by atoms with E-state index < -0.39 is 11.6 Å². The van der Waals surface area contributed by atoms with E-state index in [1.54, 1.807) is 18.5 Å². The molecule has 1 aromatic carbocycles. The van der Waals surface area contributed by atoms with Crippen LogP contribution in [0.2, 0.25) is 0 Å². The quantitative estimate of drug-likeness (QED) is 0.493. The maximum atomic E-state index is 14.0. The average molecular weight is 451 g/mol. The minimum Gasteiger partial charge on any atom is -0.487 e. The second-order valence-corrected chi connectivity index (χ2v) is 7.96. The summed E-state index contributed by atoms with van der Waals surface area (Å²) in [7, 11) is 0. The van der Waals surface area contributed by atoms with E-state index in [9.17, 15) is 8.78 Å². The number of hydrogen-bond donors (Lipinski definition) is 1. The Labute approximate surface area is 189 Å². The van der Waals surface area contributed by atoms with Crippen LogP contribution >= 0.6 is 0 Å². The molecule has 0 spiro atoms. The lowest BCUT2D eigenvalue weighted by molar-refractivity contribution is 0.163. The summed E-state index contributed by atoms with van der Waals surface area (Å²) in [6.45, 7) is 4.05. The highest BCUT2D eigenvalue weighted by Crippen LogP contribution is 2.32.